The number of piperazine rings is 1. The van der Waals surface area contributed by atoms with Gasteiger partial charge >= 0.3 is 44.9 Å². The summed E-state index contributed by atoms with van der Waals surface area (Å²) in [5, 5.41) is 2.30. The highest BCUT2D eigenvalue weighted by molar-refractivity contribution is 7.46. The van der Waals surface area contributed by atoms with Gasteiger partial charge in [-0.05, 0) is 81.9 Å². The van der Waals surface area contributed by atoms with E-state index in [1.54, 1.807) is 12.4 Å². The van der Waals surface area contributed by atoms with E-state index in [1.165, 1.54) is 43.5 Å². The second-order valence-corrected chi connectivity index (χ2v) is 24.0. The number of nitrogens with one attached hydrogen (secondary N) is 2. The van der Waals surface area contributed by atoms with Crippen molar-refractivity contribution in [2.24, 2.45) is 33.4 Å². The third-order valence-corrected chi connectivity index (χ3v) is 16.5. The number of aliphatic imine (C=N–C) groups is 1. The van der Waals surface area contributed by atoms with Crippen LogP contribution in [0.5, 0.6) is 0 Å². The Morgan fingerprint density at radius 3 is 1.97 bits per heavy atom. The molecule has 494 valence electrons. The molecule has 22 nitrogen and oxygen atoms in total. The summed E-state index contributed by atoms with van der Waals surface area (Å²) >= 11 is 0. The van der Waals surface area contributed by atoms with Crippen LogP contribution in [0.4, 0.5) is 59.4 Å². The molecule has 1 aromatic heterocycles. The fourth-order valence-corrected chi connectivity index (χ4v) is 10.7. The largest absolute Gasteiger partial charge is 0.510 e. The number of hydrogen-bond acceptors (Lipinski definition) is 18. The topological polar surface area (TPSA) is 287 Å². The Morgan fingerprint density at radius 2 is 1.44 bits per heavy atom. The number of aromatic nitrogens is 2. The van der Waals surface area contributed by atoms with Crippen LogP contribution in [0.3, 0.4) is 0 Å². The standard InChI is InChI=1S/C57H68F10N9O13P/c1-54(2,56(62,63)64)41(24-47(78)85-5)49(79)73-75(29-40-42(58)21-35(22-43(40)59)44(68)18-19-69-50(60)61)30-46(89-53(81)87-31-88-90(82,83)84)36(23-45(77)48(72-52(80)86-6)55(3,4)57(65,66)67)20-33-13-10-32(11-14-33)12-15-34-25-70-51(71-26-34)74-27-38-16-17-39(28-74)76(38)37-8-7-9-37/h10-11,13-14,18-19,21-22,25-26,36-39,41,46,48,50H,7-9,16-17,20,23-24,27-31,68H2,1-6H3,(H,72,80)(H,73,79)(H2,82,83,84)/t36-,38?,39?,41-,46+,48-/m1/s1. The van der Waals surface area contributed by atoms with Crippen molar-refractivity contribution in [3.05, 3.63) is 94.3 Å². The Bertz CT molecular complexity index is 3170. The van der Waals surface area contributed by atoms with Gasteiger partial charge in [-0.15, -0.1) is 0 Å². The Balaban J connectivity index is 1.43. The van der Waals surface area contributed by atoms with Crippen LogP contribution in [0.2, 0.25) is 0 Å². The van der Waals surface area contributed by atoms with Crippen molar-refractivity contribution >= 4 is 55.6 Å². The van der Waals surface area contributed by atoms with Gasteiger partial charge in [0.15, 0.2) is 5.78 Å². The summed E-state index contributed by atoms with van der Waals surface area (Å²) in [6.45, 7) is -3.63. The van der Waals surface area contributed by atoms with Crippen LogP contribution in [-0.2, 0) is 55.4 Å². The van der Waals surface area contributed by atoms with Crippen LogP contribution in [0.1, 0.15) is 100 Å². The molecule has 0 spiro atoms. The van der Waals surface area contributed by atoms with E-state index in [1.807, 2.05) is 10.7 Å². The number of benzene rings is 2. The molecule has 2 unspecified atom stereocenters. The maximum atomic E-state index is 16.3. The van der Waals surface area contributed by atoms with Crippen molar-refractivity contribution in [1.82, 2.24) is 30.6 Å². The fraction of sp³-hybridized carbons (Fsp3) is 0.544. The second-order valence-electron chi connectivity index (χ2n) is 22.8. The number of phosphoric ester groups is 1. The Morgan fingerprint density at radius 1 is 0.856 bits per heavy atom. The number of esters is 1. The molecule has 33 heteroatoms. The summed E-state index contributed by atoms with van der Waals surface area (Å²) in [6.07, 6.45) is -9.12. The number of fused-ring (bicyclic) bond motifs is 2. The number of hydrazine groups is 1. The number of phosphoric acid groups is 1. The first-order chi connectivity index (χ1) is 42.0. The van der Waals surface area contributed by atoms with Gasteiger partial charge < -0.3 is 44.7 Å². The SMILES string of the molecule is COC(=O)C[C@H](C(=O)NN(Cc1c(F)cc(C(N)=CC=NC(F)F)cc1F)C[C@H](OC(=O)OCOP(=O)(O)O)[C@@H](CC(=O)[C@@H](NC(=O)OC)C(C)(C)C(F)(F)F)Cc1ccc(C#Cc2cnc(N3CC4CCC(C3)N4C3CCC3)nc2)cc1)C(C)(C)C(F)(F)F. The highest BCUT2D eigenvalue weighted by Gasteiger charge is 2.57. The van der Waals surface area contributed by atoms with Gasteiger partial charge in [0.1, 0.15) is 23.8 Å². The number of Topliss-reactive ketones (excluding diaryl/α,β-unsaturated/α-hetero) is 1. The van der Waals surface area contributed by atoms with E-state index in [-0.39, 0.29) is 5.56 Å². The number of alkyl halides is 8. The van der Waals surface area contributed by atoms with Gasteiger partial charge in [-0.1, -0.05) is 44.2 Å². The zero-order chi connectivity index (χ0) is 66.7. The van der Waals surface area contributed by atoms with E-state index >= 15 is 8.78 Å². The zero-order valence-corrected chi connectivity index (χ0v) is 50.4. The molecule has 2 bridgehead atoms. The van der Waals surface area contributed by atoms with Crippen LogP contribution in [0.25, 0.3) is 5.70 Å². The summed E-state index contributed by atoms with van der Waals surface area (Å²) in [5.74, 6) is -5.41. The van der Waals surface area contributed by atoms with Crippen molar-refractivity contribution in [3.63, 3.8) is 0 Å². The van der Waals surface area contributed by atoms with Crippen LogP contribution < -0.4 is 21.4 Å². The third kappa shape index (κ3) is 19.1. The molecule has 6 rings (SSSR count). The van der Waals surface area contributed by atoms with E-state index in [9.17, 15) is 73.4 Å². The monoisotopic (exact) mass is 1310 g/mol. The molecular weight excluding hydrogens is 1240 g/mol. The zero-order valence-electron chi connectivity index (χ0n) is 49.5. The molecule has 3 fully saturated rings. The normalized spacial score (nSPS) is 18.3. The lowest BCUT2D eigenvalue weighted by Crippen LogP contribution is -2.59. The average molecular weight is 1310 g/mol. The molecule has 0 radical (unpaired) electrons. The number of halogens is 10. The first-order valence-corrected chi connectivity index (χ1v) is 29.4. The van der Waals surface area contributed by atoms with Gasteiger partial charge in [0.25, 0.3) is 0 Å². The number of hydrogen-bond donors (Lipinski definition) is 5. The minimum atomic E-state index is -5.41. The van der Waals surface area contributed by atoms with Crippen molar-refractivity contribution < 1.29 is 106 Å². The Kier molecular flexibility index (Phi) is 24.0. The third-order valence-electron chi connectivity index (χ3n) is 16.1. The van der Waals surface area contributed by atoms with Gasteiger partial charge in [0, 0.05) is 91.1 Å². The van der Waals surface area contributed by atoms with Crippen LogP contribution >= 0.6 is 7.82 Å². The van der Waals surface area contributed by atoms with Crippen LogP contribution in [0.15, 0.2) is 59.9 Å². The lowest BCUT2D eigenvalue weighted by Gasteiger charge is -2.48. The molecule has 90 heavy (non-hydrogen) atoms. The van der Waals surface area contributed by atoms with Crippen LogP contribution in [-0.4, -0.2) is 156 Å². The molecule has 6 N–H and O–H groups in total. The number of ether oxygens (including phenoxy) is 4. The molecule has 3 aliphatic rings. The number of alkyl carbamates (subject to hydrolysis) is 1. The minimum absolute atomic E-state index is 0.161. The van der Waals surface area contributed by atoms with E-state index in [2.05, 4.69) is 50.6 Å². The molecule has 2 amide bonds. The van der Waals surface area contributed by atoms with E-state index in [0.717, 1.165) is 46.2 Å². The molecule has 1 saturated carbocycles. The number of anilines is 1. The first kappa shape index (κ1) is 71.6. The number of methoxy groups -OCH3 is 2. The lowest BCUT2D eigenvalue weighted by atomic mass is 9.75. The Hall–Kier alpha value is -7.43. The smallest absolute Gasteiger partial charge is 0.469 e. The molecular formula is C57H68F10N9O13P. The maximum absolute atomic E-state index is 16.3. The molecule has 2 aromatic carbocycles. The molecule has 2 aliphatic heterocycles. The van der Waals surface area contributed by atoms with E-state index in [4.69, 9.17) is 15.2 Å². The summed E-state index contributed by atoms with van der Waals surface area (Å²) < 4.78 is 182. The molecule has 3 aromatic rings. The molecule has 1 aliphatic carbocycles. The quantitative estimate of drug-likeness (QED) is 0.00581. The molecule has 2 saturated heterocycles. The number of carbonyl (C=O) groups excluding carboxylic acids is 5. The predicted molar refractivity (Wildman–Crippen MR) is 300 cm³/mol. The van der Waals surface area contributed by atoms with Crippen molar-refractivity contribution in [1.29, 1.82) is 0 Å². The first-order valence-electron chi connectivity index (χ1n) is 27.9. The number of carbonyl (C=O) groups is 5. The van der Waals surface area contributed by atoms with Gasteiger partial charge in [-0.2, -0.15) is 35.1 Å². The van der Waals surface area contributed by atoms with Crippen molar-refractivity contribution in [2.75, 3.05) is 45.5 Å². The Labute approximate surface area is 510 Å². The second kappa shape index (κ2) is 30.1. The summed E-state index contributed by atoms with van der Waals surface area (Å²) in [4.78, 5) is 103. The van der Waals surface area contributed by atoms with Crippen molar-refractivity contribution in [2.45, 2.75) is 135 Å². The summed E-state index contributed by atoms with van der Waals surface area (Å²) in [7, 11) is -3.85. The number of nitrogens with two attached hydrogens (primary N) is 1. The number of amides is 2. The lowest BCUT2D eigenvalue weighted by molar-refractivity contribution is -0.231. The van der Waals surface area contributed by atoms with Crippen molar-refractivity contribution in [3.8, 4) is 11.8 Å². The number of allylic oxidation sites excluding steroid dienone is 1. The summed E-state index contributed by atoms with van der Waals surface area (Å²) in [6, 6.07) is 5.79. The van der Waals surface area contributed by atoms with E-state index < -0.39 is 159 Å². The number of ketones is 1. The van der Waals surface area contributed by atoms with Gasteiger partial charge in [0.05, 0.1) is 49.5 Å². The fourth-order valence-electron chi connectivity index (χ4n) is 10.5. The van der Waals surface area contributed by atoms with E-state index in [0.29, 0.717) is 86.3 Å². The summed E-state index contributed by atoms with van der Waals surface area (Å²) in [5.41, 5.74) is 0.494. The van der Waals surface area contributed by atoms with Gasteiger partial charge in [-0.25, -0.2) is 47.4 Å². The predicted octanol–water partition coefficient (Wildman–Crippen LogP) is 8.27. The van der Waals surface area contributed by atoms with Crippen LogP contribution in [0, 0.1) is 46.1 Å². The van der Waals surface area contributed by atoms with Gasteiger partial charge in [-0.3, -0.25) is 24.7 Å². The average Bonchev–Trinajstić information content (AvgIpc) is 1.58. The molecule has 6 atom stereocenters. The minimum Gasteiger partial charge on any atom is -0.469 e. The van der Waals surface area contributed by atoms with Gasteiger partial charge in [0.2, 0.25) is 18.6 Å². The maximum Gasteiger partial charge on any atom is 0.510 e. The molecule has 3 heterocycles. The highest BCUT2D eigenvalue weighted by Crippen LogP contribution is 2.46. The highest BCUT2D eigenvalue weighted by atomic mass is 31.2. The number of nitrogens with zero attached hydrogens (tertiary/aromatic N) is 6. The number of rotatable bonds is 26.